The van der Waals surface area contributed by atoms with Gasteiger partial charge in [-0.2, -0.15) is 0 Å². The van der Waals surface area contributed by atoms with E-state index in [-0.39, 0.29) is 16.2 Å². The first-order valence-corrected chi connectivity index (χ1v) is 7.40. The number of thioether (sulfide) groups is 1. The second-order valence-electron chi connectivity index (χ2n) is 4.53. The van der Waals surface area contributed by atoms with Gasteiger partial charge in [0.25, 0.3) is 0 Å². The minimum atomic E-state index is -0.421. The number of hydrogen-bond donors (Lipinski definition) is 1. The predicted molar refractivity (Wildman–Crippen MR) is 79.8 cm³/mol. The number of nitrogens with one attached hydrogen (secondary N) is 1. The number of fused-ring (bicyclic) bond motifs is 1. The van der Waals surface area contributed by atoms with Crippen LogP contribution in [0.3, 0.4) is 0 Å². The van der Waals surface area contributed by atoms with E-state index in [9.17, 15) is 9.18 Å². The van der Waals surface area contributed by atoms with Crippen LogP contribution < -0.4 is 5.32 Å². The van der Waals surface area contributed by atoms with Gasteiger partial charge in [0.05, 0.1) is 16.0 Å². The van der Waals surface area contributed by atoms with Crippen molar-refractivity contribution in [3.05, 3.63) is 58.9 Å². The van der Waals surface area contributed by atoms with Gasteiger partial charge in [-0.05, 0) is 36.2 Å². The number of carbonyl (C=O) groups is 1. The molecule has 1 N–H and O–H groups in total. The highest BCUT2D eigenvalue weighted by molar-refractivity contribution is 8.01. The summed E-state index contributed by atoms with van der Waals surface area (Å²) in [4.78, 5) is 13.4. The van der Waals surface area contributed by atoms with E-state index in [1.165, 1.54) is 23.8 Å². The topological polar surface area (TPSA) is 29.1 Å². The van der Waals surface area contributed by atoms with Gasteiger partial charge >= 0.3 is 0 Å². The summed E-state index contributed by atoms with van der Waals surface area (Å²) in [5.41, 5.74) is 1.62. The SMILES string of the molecule is O=C(Nc1ccc(F)cc1Cl)C1Cc2ccccc2S1. The first-order valence-electron chi connectivity index (χ1n) is 6.14. The van der Waals surface area contributed by atoms with Crippen molar-refractivity contribution in [2.45, 2.75) is 16.6 Å². The van der Waals surface area contributed by atoms with Crippen LogP contribution in [0.1, 0.15) is 5.56 Å². The molecule has 20 heavy (non-hydrogen) atoms. The lowest BCUT2D eigenvalue weighted by atomic mass is 10.1. The average Bonchev–Trinajstić information content (AvgIpc) is 2.86. The average molecular weight is 308 g/mol. The lowest BCUT2D eigenvalue weighted by Crippen LogP contribution is -2.24. The van der Waals surface area contributed by atoms with Crippen LogP contribution in [0.5, 0.6) is 0 Å². The van der Waals surface area contributed by atoms with Crippen LogP contribution in [0.2, 0.25) is 5.02 Å². The van der Waals surface area contributed by atoms with Gasteiger partial charge in [-0.3, -0.25) is 4.79 Å². The molecule has 1 aliphatic rings. The molecule has 3 rings (SSSR count). The van der Waals surface area contributed by atoms with Gasteiger partial charge in [0, 0.05) is 4.90 Å². The molecule has 0 fully saturated rings. The second kappa shape index (κ2) is 5.46. The number of anilines is 1. The molecule has 1 unspecified atom stereocenters. The zero-order valence-electron chi connectivity index (χ0n) is 10.4. The molecule has 2 nitrogen and oxygen atoms in total. The van der Waals surface area contributed by atoms with Crippen LogP contribution >= 0.6 is 23.4 Å². The molecule has 0 saturated carbocycles. The summed E-state index contributed by atoms with van der Waals surface area (Å²) in [7, 11) is 0. The zero-order chi connectivity index (χ0) is 14.1. The largest absolute Gasteiger partial charge is 0.324 e. The molecule has 1 amide bonds. The van der Waals surface area contributed by atoms with E-state index in [2.05, 4.69) is 5.32 Å². The Kier molecular flexibility index (Phi) is 3.68. The summed E-state index contributed by atoms with van der Waals surface area (Å²) in [6, 6.07) is 11.9. The molecule has 0 radical (unpaired) electrons. The van der Waals surface area contributed by atoms with Crippen molar-refractivity contribution in [3.8, 4) is 0 Å². The number of rotatable bonds is 2. The first kappa shape index (κ1) is 13.5. The minimum Gasteiger partial charge on any atom is -0.324 e. The van der Waals surface area contributed by atoms with Crippen LogP contribution in [0.25, 0.3) is 0 Å². The standard InChI is InChI=1S/C15H11ClFNOS/c16-11-8-10(17)5-6-12(11)18-15(19)14-7-9-3-1-2-4-13(9)20-14/h1-6,8,14H,7H2,(H,18,19). The maximum atomic E-state index is 13.0. The second-order valence-corrected chi connectivity index (χ2v) is 6.18. The van der Waals surface area contributed by atoms with Crippen LogP contribution in [-0.2, 0) is 11.2 Å². The molecular formula is C15H11ClFNOS. The third-order valence-corrected chi connectivity index (χ3v) is 4.76. The zero-order valence-corrected chi connectivity index (χ0v) is 12.0. The summed E-state index contributed by atoms with van der Waals surface area (Å²) in [6.07, 6.45) is 0.700. The Balaban J connectivity index is 1.72. The first-order chi connectivity index (χ1) is 9.63. The molecule has 0 aliphatic carbocycles. The van der Waals surface area contributed by atoms with Crippen LogP contribution in [0.4, 0.5) is 10.1 Å². The summed E-state index contributed by atoms with van der Waals surface area (Å²) in [5, 5.41) is 2.79. The van der Waals surface area contributed by atoms with Gasteiger partial charge in [-0.25, -0.2) is 4.39 Å². The summed E-state index contributed by atoms with van der Waals surface area (Å²) >= 11 is 7.45. The van der Waals surface area contributed by atoms with Crippen LogP contribution in [-0.4, -0.2) is 11.2 Å². The van der Waals surface area contributed by atoms with Crippen molar-refractivity contribution in [2.24, 2.45) is 0 Å². The maximum Gasteiger partial charge on any atom is 0.238 e. The molecule has 2 aromatic carbocycles. The molecule has 5 heteroatoms. The fourth-order valence-corrected chi connectivity index (χ4v) is 3.54. The van der Waals surface area contributed by atoms with E-state index in [4.69, 9.17) is 11.6 Å². The number of benzene rings is 2. The van der Waals surface area contributed by atoms with E-state index in [1.807, 2.05) is 24.3 Å². The van der Waals surface area contributed by atoms with Crippen molar-refractivity contribution in [3.63, 3.8) is 0 Å². The van der Waals surface area contributed by atoms with Gasteiger partial charge in [0.1, 0.15) is 5.82 Å². The Bertz CT molecular complexity index is 652. The fraction of sp³-hybridized carbons (Fsp3) is 0.133. The summed E-state index contributed by atoms with van der Waals surface area (Å²) < 4.78 is 13.0. The monoisotopic (exact) mass is 307 g/mol. The Morgan fingerprint density at radius 3 is 2.85 bits per heavy atom. The molecule has 0 saturated heterocycles. The number of hydrogen-bond acceptors (Lipinski definition) is 2. The van der Waals surface area contributed by atoms with Crippen molar-refractivity contribution >= 4 is 35.0 Å². The molecule has 2 aromatic rings. The maximum absolute atomic E-state index is 13.0. The molecule has 0 spiro atoms. The predicted octanol–water partition coefficient (Wildman–Crippen LogP) is 4.13. The molecule has 1 aliphatic heterocycles. The smallest absolute Gasteiger partial charge is 0.238 e. The molecule has 1 atom stereocenters. The highest BCUT2D eigenvalue weighted by Gasteiger charge is 2.28. The molecule has 102 valence electrons. The van der Waals surface area contributed by atoms with E-state index in [0.29, 0.717) is 12.1 Å². The van der Waals surface area contributed by atoms with Crippen molar-refractivity contribution in [1.29, 1.82) is 0 Å². The van der Waals surface area contributed by atoms with E-state index in [0.717, 1.165) is 4.90 Å². The Morgan fingerprint density at radius 2 is 2.10 bits per heavy atom. The van der Waals surface area contributed by atoms with Crippen molar-refractivity contribution < 1.29 is 9.18 Å². The summed E-state index contributed by atoms with van der Waals surface area (Å²) in [6.45, 7) is 0. The highest BCUT2D eigenvalue weighted by atomic mass is 35.5. The van der Waals surface area contributed by atoms with Gasteiger partial charge in [-0.15, -0.1) is 11.8 Å². The minimum absolute atomic E-state index is 0.111. The van der Waals surface area contributed by atoms with E-state index < -0.39 is 5.82 Å². The van der Waals surface area contributed by atoms with Crippen LogP contribution in [0, 0.1) is 5.82 Å². The Morgan fingerprint density at radius 1 is 1.30 bits per heavy atom. The summed E-state index contributed by atoms with van der Waals surface area (Å²) in [5.74, 6) is -0.532. The molecule has 0 bridgehead atoms. The van der Waals surface area contributed by atoms with Crippen LogP contribution in [0.15, 0.2) is 47.4 Å². The number of amides is 1. The van der Waals surface area contributed by atoms with Crippen molar-refractivity contribution in [1.82, 2.24) is 0 Å². The molecule has 0 aromatic heterocycles. The van der Waals surface area contributed by atoms with E-state index >= 15 is 0 Å². The van der Waals surface area contributed by atoms with E-state index in [1.54, 1.807) is 11.8 Å². The van der Waals surface area contributed by atoms with Crippen molar-refractivity contribution in [2.75, 3.05) is 5.32 Å². The molecular weight excluding hydrogens is 297 g/mol. The van der Waals surface area contributed by atoms with Gasteiger partial charge in [0.15, 0.2) is 0 Å². The Labute approximate surface area is 125 Å². The highest BCUT2D eigenvalue weighted by Crippen LogP contribution is 2.37. The lowest BCUT2D eigenvalue weighted by molar-refractivity contribution is -0.115. The third kappa shape index (κ3) is 2.67. The lowest BCUT2D eigenvalue weighted by Gasteiger charge is -2.11. The number of halogens is 2. The number of carbonyl (C=O) groups excluding carboxylic acids is 1. The third-order valence-electron chi connectivity index (χ3n) is 3.13. The van der Waals surface area contributed by atoms with Gasteiger partial charge < -0.3 is 5.32 Å². The fourth-order valence-electron chi connectivity index (χ4n) is 2.13. The normalized spacial score (nSPS) is 16.8. The van der Waals surface area contributed by atoms with Gasteiger partial charge in [0.2, 0.25) is 5.91 Å². The van der Waals surface area contributed by atoms with Gasteiger partial charge in [-0.1, -0.05) is 29.8 Å². The molecule has 1 heterocycles. The Hall–Kier alpha value is -1.52. The quantitative estimate of drug-likeness (QED) is 0.903.